The number of nitrogens with one attached hydrogen (secondary N) is 1. The minimum Gasteiger partial charge on any atom is -0.479 e. The number of fused-ring (bicyclic) bond motifs is 2. The van der Waals surface area contributed by atoms with Gasteiger partial charge in [0.1, 0.15) is 11.3 Å². The number of hydrogen-bond acceptors (Lipinski definition) is 6. The predicted molar refractivity (Wildman–Crippen MR) is 135 cm³/mol. The zero-order valence-electron chi connectivity index (χ0n) is 21.2. The number of benzene rings is 1. The van der Waals surface area contributed by atoms with Crippen LogP contribution in [0.2, 0.25) is 0 Å². The molecule has 2 fully saturated rings. The molecule has 6 rings (SSSR count). The molecule has 1 aromatic carbocycles. The van der Waals surface area contributed by atoms with Crippen LogP contribution in [-0.4, -0.2) is 73.7 Å². The molecule has 1 aliphatic heterocycles. The Hall–Kier alpha value is -3.41. The average Bonchev–Trinajstić information content (AvgIpc) is 3.39. The number of methoxy groups -OCH3 is 1. The lowest BCUT2D eigenvalue weighted by Crippen LogP contribution is -2.58. The van der Waals surface area contributed by atoms with Crippen LogP contribution in [0.5, 0.6) is 5.88 Å². The molecule has 0 bridgehead atoms. The molecule has 12 heteroatoms. The van der Waals surface area contributed by atoms with E-state index in [0.29, 0.717) is 28.9 Å². The molecule has 1 saturated carbocycles. The Morgan fingerprint density at radius 1 is 1.16 bits per heavy atom. The zero-order valence-corrected chi connectivity index (χ0v) is 21.2. The minimum atomic E-state index is -2.92. The molecular weight excluding hydrogens is 502 g/mol. The normalized spacial score (nSPS) is 20.3. The summed E-state index contributed by atoms with van der Waals surface area (Å²) >= 11 is 0. The Labute approximate surface area is 216 Å². The van der Waals surface area contributed by atoms with Crippen LogP contribution in [0.4, 0.5) is 23.5 Å². The number of alkyl halides is 4. The largest absolute Gasteiger partial charge is 0.479 e. The number of ether oxygens (including phenoxy) is 1. The molecule has 1 saturated heterocycles. The van der Waals surface area contributed by atoms with Crippen LogP contribution in [0, 0.1) is 6.92 Å². The van der Waals surface area contributed by atoms with E-state index in [1.807, 2.05) is 17.0 Å². The van der Waals surface area contributed by atoms with Crippen molar-refractivity contribution < 1.29 is 22.3 Å². The summed E-state index contributed by atoms with van der Waals surface area (Å²) in [5.74, 6) is -2.14. The number of aromatic nitrogens is 5. The number of halogens is 4. The van der Waals surface area contributed by atoms with Gasteiger partial charge in [-0.2, -0.15) is 4.98 Å². The summed E-state index contributed by atoms with van der Waals surface area (Å²) in [6.45, 7) is 1.58. The topological polar surface area (TPSA) is 72.5 Å². The fraction of sp³-hybridized carbons (Fsp3) is 0.500. The second-order valence-corrected chi connectivity index (χ2v) is 10.1. The Morgan fingerprint density at radius 2 is 1.97 bits per heavy atom. The summed E-state index contributed by atoms with van der Waals surface area (Å²) in [5, 5.41) is 7.30. The van der Waals surface area contributed by atoms with Gasteiger partial charge >= 0.3 is 0 Å². The van der Waals surface area contributed by atoms with Crippen molar-refractivity contribution in [3.63, 3.8) is 0 Å². The number of nitrogens with zero attached hydrogens (tertiary/aromatic N) is 6. The third-order valence-corrected chi connectivity index (χ3v) is 7.77. The molecule has 2 aliphatic rings. The lowest BCUT2D eigenvalue weighted by Gasteiger charge is -2.45. The van der Waals surface area contributed by atoms with Gasteiger partial charge in [-0.05, 0) is 49.9 Å². The third kappa shape index (κ3) is 4.34. The van der Waals surface area contributed by atoms with Crippen molar-refractivity contribution in [1.29, 1.82) is 0 Å². The summed E-state index contributed by atoms with van der Waals surface area (Å²) < 4.78 is 65.0. The van der Waals surface area contributed by atoms with Gasteiger partial charge in [0.25, 0.3) is 12.3 Å². The van der Waals surface area contributed by atoms with Gasteiger partial charge in [-0.25, -0.2) is 27.1 Å². The highest BCUT2D eigenvalue weighted by molar-refractivity contribution is 5.89. The summed E-state index contributed by atoms with van der Waals surface area (Å²) in [7, 11) is 1.46. The van der Waals surface area contributed by atoms with Crippen LogP contribution in [-0.2, 0) is 6.54 Å². The van der Waals surface area contributed by atoms with Crippen LogP contribution in [0.1, 0.15) is 31.5 Å². The van der Waals surface area contributed by atoms with E-state index in [4.69, 9.17) is 4.74 Å². The van der Waals surface area contributed by atoms with Gasteiger partial charge in [0.15, 0.2) is 0 Å². The summed E-state index contributed by atoms with van der Waals surface area (Å²) in [6.07, 6.45) is 2.56. The summed E-state index contributed by atoms with van der Waals surface area (Å²) in [6, 6.07) is 6.42. The van der Waals surface area contributed by atoms with Gasteiger partial charge in [0.05, 0.1) is 37.3 Å². The molecule has 0 unspecified atom stereocenters. The van der Waals surface area contributed by atoms with Gasteiger partial charge in [-0.15, -0.1) is 5.10 Å². The van der Waals surface area contributed by atoms with Crippen molar-refractivity contribution >= 4 is 22.5 Å². The van der Waals surface area contributed by atoms with Crippen molar-refractivity contribution in [1.82, 2.24) is 29.0 Å². The Kier molecular flexibility index (Phi) is 6.16. The fourth-order valence-electron chi connectivity index (χ4n) is 5.57. The van der Waals surface area contributed by atoms with Crippen molar-refractivity contribution in [2.75, 3.05) is 25.5 Å². The SMILES string of the molecule is COc1nc(N[C@H]2CCN(C3CCC3)CC2(F)F)nn2ccc(-c3ccc4nc(C)n(CC(F)F)c4c3)c12. The van der Waals surface area contributed by atoms with Crippen molar-refractivity contribution in [3.05, 3.63) is 36.3 Å². The molecule has 4 heterocycles. The number of likely N-dealkylation sites (tertiary alicyclic amines) is 1. The molecule has 0 amide bonds. The first-order valence-corrected chi connectivity index (χ1v) is 12.8. The summed E-state index contributed by atoms with van der Waals surface area (Å²) in [5.41, 5.74) is 3.22. The number of aryl methyl sites for hydroxylation is 1. The van der Waals surface area contributed by atoms with Crippen LogP contribution < -0.4 is 10.1 Å². The maximum absolute atomic E-state index is 15.0. The monoisotopic (exact) mass is 531 g/mol. The van der Waals surface area contributed by atoms with E-state index in [1.54, 1.807) is 25.3 Å². The van der Waals surface area contributed by atoms with Gasteiger partial charge in [-0.1, -0.05) is 12.5 Å². The van der Waals surface area contributed by atoms with E-state index in [9.17, 15) is 8.78 Å². The standard InChI is InChI=1S/C26H29F4N7O/c1-15-31-19-7-6-16(12-20(19)36(15)13-22(27)28)18-8-11-37-23(18)24(38-2)33-25(34-37)32-21-9-10-35(14-26(21,29)30)17-4-3-5-17/h6-8,11-12,17,21-22H,3-5,9-10,13-14H2,1-2H3,(H,32,34)/t21-/m0/s1. The van der Waals surface area contributed by atoms with E-state index in [2.05, 4.69) is 20.4 Å². The molecule has 0 spiro atoms. The molecule has 4 aromatic rings. The molecule has 1 N–H and O–H groups in total. The van der Waals surface area contributed by atoms with E-state index in [1.165, 1.54) is 16.2 Å². The third-order valence-electron chi connectivity index (χ3n) is 7.77. The Balaban J connectivity index is 1.31. The highest BCUT2D eigenvalue weighted by atomic mass is 19.3. The molecule has 1 aliphatic carbocycles. The van der Waals surface area contributed by atoms with E-state index in [-0.39, 0.29) is 30.8 Å². The number of anilines is 1. The van der Waals surface area contributed by atoms with Crippen LogP contribution >= 0.6 is 0 Å². The van der Waals surface area contributed by atoms with Gasteiger partial charge < -0.3 is 14.6 Å². The van der Waals surface area contributed by atoms with Gasteiger partial charge in [-0.3, -0.25) is 4.90 Å². The highest BCUT2D eigenvalue weighted by Gasteiger charge is 2.47. The van der Waals surface area contributed by atoms with Crippen LogP contribution in [0.25, 0.3) is 27.7 Å². The second-order valence-electron chi connectivity index (χ2n) is 10.1. The molecule has 202 valence electrons. The number of hydrogen-bond donors (Lipinski definition) is 1. The molecule has 3 aromatic heterocycles. The zero-order chi connectivity index (χ0) is 26.6. The average molecular weight is 532 g/mol. The molecule has 1 atom stereocenters. The first kappa shape index (κ1) is 24.9. The number of rotatable bonds is 7. The van der Waals surface area contributed by atoms with Crippen molar-refractivity contribution in [2.24, 2.45) is 0 Å². The highest BCUT2D eigenvalue weighted by Crippen LogP contribution is 2.36. The van der Waals surface area contributed by atoms with Crippen LogP contribution in [0.15, 0.2) is 30.5 Å². The molecule has 38 heavy (non-hydrogen) atoms. The van der Waals surface area contributed by atoms with Crippen molar-refractivity contribution in [2.45, 2.75) is 63.6 Å². The van der Waals surface area contributed by atoms with Gasteiger partial charge in [0.2, 0.25) is 11.8 Å². The van der Waals surface area contributed by atoms with Gasteiger partial charge in [0, 0.05) is 24.3 Å². The number of piperidine rings is 1. The van der Waals surface area contributed by atoms with E-state index >= 15 is 8.78 Å². The Bertz CT molecular complexity index is 1480. The van der Waals surface area contributed by atoms with Crippen LogP contribution in [0.3, 0.4) is 0 Å². The maximum atomic E-state index is 15.0. The molecule has 0 radical (unpaired) electrons. The maximum Gasteiger partial charge on any atom is 0.280 e. The van der Waals surface area contributed by atoms with Crippen molar-refractivity contribution in [3.8, 4) is 17.0 Å². The Morgan fingerprint density at radius 3 is 2.66 bits per heavy atom. The fourth-order valence-corrected chi connectivity index (χ4v) is 5.57. The molecular formula is C26H29F4N7O. The second kappa shape index (κ2) is 9.40. The smallest absolute Gasteiger partial charge is 0.280 e. The van der Waals surface area contributed by atoms with E-state index in [0.717, 1.165) is 30.4 Å². The minimum absolute atomic E-state index is 0.0550. The quantitative estimate of drug-likeness (QED) is 0.339. The molecule has 8 nitrogen and oxygen atoms in total. The lowest BCUT2D eigenvalue weighted by molar-refractivity contribution is -0.0921. The first-order valence-electron chi connectivity index (χ1n) is 12.8. The van der Waals surface area contributed by atoms with E-state index < -0.39 is 24.9 Å². The number of imidazole rings is 1. The predicted octanol–water partition coefficient (Wildman–Crippen LogP) is 5.00. The first-order chi connectivity index (χ1) is 18.2. The summed E-state index contributed by atoms with van der Waals surface area (Å²) in [4.78, 5) is 10.7. The lowest BCUT2D eigenvalue weighted by atomic mass is 9.88.